The SMILES string of the molecule is C=CCOc1ccccc1CC(O)CNC(=O)c1cc2c(N3CCC(C)(OCC=C)CC3)c(CC(=O)OC)c(C)cn2n1. The maximum absolute atomic E-state index is 13.2. The molecular formula is C33H42N4O6. The standard InChI is InChI=1S/C33H42N4O6/c1-6-16-42-29-11-9-8-10-24(29)18-25(38)21-34-32(40)27-20-28-31(36-14-12-33(4,13-15-36)43-17-7-2)26(19-30(39)41-5)23(3)22-37(28)35-27/h6-11,20,22,25,38H,1-2,12-19,21H2,3-5H3,(H,34,40). The summed E-state index contributed by atoms with van der Waals surface area (Å²) in [5.74, 6) is -0.0713. The van der Waals surface area contributed by atoms with Gasteiger partial charge < -0.3 is 29.5 Å². The number of para-hydroxylation sites is 1. The summed E-state index contributed by atoms with van der Waals surface area (Å²) in [6, 6.07) is 9.20. The first-order valence-electron chi connectivity index (χ1n) is 14.5. The molecular weight excluding hydrogens is 548 g/mol. The van der Waals surface area contributed by atoms with Crippen molar-refractivity contribution in [2.75, 3.05) is 44.9 Å². The summed E-state index contributed by atoms with van der Waals surface area (Å²) in [4.78, 5) is 27.8. The minimum Gasteiger partial charge on any atom is -0.489 e. The van der Waals surface area contributed by atoms with Gasteiger partial charge in [0, 0.05) is 32.3 Å². The van der Waals surface area contributed by atoms with E-state index in [-0.39, 0.29) is 30.2 Å². The van der Waals surface area contributed by atoms with Gasteiger partial charge in [-0.1, -0.05) is 36.9 Å². The van der Waals surface area contributed by atoms with Crippen LogP contribution in [0.1, 0.15) is 46.9 Å². The van der Waals surface area contributed by atoms with Crippen molar-refractivity contribution in [3.05, 3.63) is 84.2 Å². The molecule has 1 unspecified atom stereocenters. The van der Waals surface area contributed by atoms with Gasteiger partial charge in [-0.15, -0.1) is 6.58 Å². The number of aromatic nitrogens is 2. The molecule has 4 rings (SSSR count). The van der Waals surface area contributed by atoms with E-state index in [4.69, 9.17) is 14.2 Å². The molecule has 0 spiro atoms. The number of aryl methyl sites for hydroxylation is 1. The van der Waals surface area contributed by atoms with Crippen LogP contribution in [0.5, 0.6) is 5.75 Å². The molecule has 0 bridgehead atoms. The fraction of sp³-hybridized carbons (Fsp3) is 0.424. The first kappa shape index (κ1) is 31.8. The molecule has 0 saturated carbocycles. The molecule has 230 valence electrons. The Labute approximate surface area is 252 Å². The van der Waals surface area contributed by atoms with Gasteiger partial charge in [-0.05, 0) is 55.5 Å². The smallest absolute Gasteiger partial charge is 0.310 e. The summed E-state index contributed by atoms with van der Waals surface area (Å²) in [6.07, 6.45) is 6.41. The third-order valence-electron chi connectivity index (χ3n) is 7.81. The lowest BCUT2D eigenvalue weighted by Crippen LogP contribution is -2.45. The molecule has 1 amide bonds. The molecule has 3 heterocycles. The van der Waals surface area contributed by atoms with E-state index in [0.717, 1.165) is 40.7 Å². The molecule has 1 aromatic carbocycles. The Balaban J connectivity index is 1.54. The van der Waals surface area contributed by atoms with Gasteiger partial charge in [-0.3, -0.25) is 9.59 Å². The van der Waals surface area contributed by atoms with Crippen LogP contribution >= 0.6 is 0 Å². The third-order valence-corrected chi connectivity index (χ3v) is 7.81. The van der Waals surface area contributed by atoms with E-state index in [9.17, 15) is 14.7 Å². The number of esters is 1. The van der Waals surface area contributed by atoms with Crippen molar-refractivity contribution >= 4 is 23.1 Å². The number of anilines is 1. The van der Waals surface area contributed by atoms with Gasteiger partial charge in [0.2, 0.25) is 0 Å². The molecule has 2 N–H and O–H groups in total. The topological polar surface area (TPSA) is 115 Å². The van der Waals surface area contributed by atoms with Crippen LogP contribution in [0.3, 0.4) is 0 Å². The molecule has 0 radical (unpaired) electrons. The van der Waals surface area contributed by atoms with E-state index < -0.39 is 12.0 Å². The van der Waals surface area contributed by atoms with Gasteiger partial charge in [-0.2, -0.15) is 5.10 Å². The second kappa shape index (κ2) is 14.3. The predicted octanol–water partition coefficient (Wildman–Crippen LogP) is 3.82. The van der Waals surface area contributed by atoms with E-state index in [1.165, 1.54) is 7.11 Å². The molecule has 1 atom stereocenters. The first-order chi connectivity index (χ1) is 20.7. The van der Waals surface area contributed by atoms with Crippen LogP contribution in [0.4, 0.5) is 5.69 Å². The Bertz CT molecular complexity index is 1460. The highest BCUT2D eigenvalue weighted by Gasteiger charge is 2.33. The molecule has 1 aliphatic rings. The third kappa shape index (κ3) is 7.82. The number of piperidine rings is 1. The molecule has 10 nitrogen and oxygen atoms in total. The molecule has 0 aliphatic carbocycles. The number of rotatable bonds is 14. The van der Waals surface area contributed by atoms with Crippen molar-refractivity contribution in [1.29, 1.82) is 0 Å². The highest BCUT2D eigenvalue weighted by Crippen LogP contribution is 2.35. The lowest BCUT2D eigenvalue weighted by Gasteiger charge is -2.41. The summed E-state index contributed by atoms with van der Waals surface area (Å²) >= 11 is 0. The Morgan fingerprint density at radius 3 is 2.60 bits per heavy atom. The number of amides is 1. The van der Waals surface area contributed by atoms with Crippen molar-refractivity contribution in [3.63, 3.8) is 0 Å². The summed E-state index contributed by atoms with van der Waals surface area (Å²) in [5.41, 5.74) is 4.08. The van der Waals surface area contributed by atoms with Crippen molar-refractivity contribution in [3.8, 4) is 5.75 Å². The van der Waals surface area contributed by atoms with Crippen molar-refractivity contribution < 1.29 is 28.9 Å². The number of aliphatic hydroxyl groups excluding tert-OH is 1. The van der Waals surface area contributed by atoms with E-state index in [1.54, 1.807) is 22.7 Å². The van der Waals surface area contributed by atoms with Crippen molar-refractivity contribution in [2.24, 2.45) is 0 Å². The minimum absolute atomic E-state index is 0.0391. The number of pyridine rings is 1. The zero-order valence-electron chi connectivity index (χ0n) is 25.3. The highest BCUT2D eigenvalue weighted by atomic mass is 16.5. The Kier molecular flexibility index (Phi) is 10.6. The number of hydrogen-bond donors (Lipinski definition) is 2. The summed E-state index contributed by atoms with van der Waals surface area (Å²) in [6.45, 7) is 13.8. The first-order valence-corrected chi connectivity index (χ1v) is 14.5. The van der Waals surface area contributed by atoms with Crippen molar-refractivity contribution in [1.82, 2.24) is 14.9 Å². The Morgan fingerprint density at radius 2 is 1.91 bits per heavy atom. The average molecular weight is 591 g/mol. The zero-order chi connectivity index (χ0) is 31.0. The van der Waals surface area contributed by atoms with E-state index >= 15 is 0 Å². The maximum atomic E-state index is 13.2. The number of carbonyl (C=O) groups is 2. The molecule has 1 saturated heterocycles. The molecule has 1 aliphatic heterocycles. The van der Waals surface area contributed by atoms with Crippen LogP contribution in [0.15, 0.2) is 61.8 Å². The second-order valence-corrected chi connectivity index (χ2v) is 11.1. The molecule has 2 aromatic heterocycles. The average Bonchev–Trinajstić information content (AvgIpc) is 3.43. The zero-order valence-corrected chi connectivity index (χ0v) is 25.3. The van der Waals surface area contributed by atoms with Gasteiger partial charge >= 0.3 is 5.97 Å². The van der Waals surface area contributed by atoms with E-state index in [2.05, 4.69) is 35.4 Å². The molecule has 43 heavy (non-hydrogen) atoms. The number of aliphatic hydroxyl groups is 1. The van der Waals surface area contributed by atoms with Crippen LogP contribution in [0.2, 0.25) is 0 Å². The lowest BCUT2D eigenvalue weighted by atomic mass is 9.92. The van der Waals surface area contributed by atoms with E-state index in [1.807, 2.05) is 37.4 Å². The lowest BCUT2D eigenvalue weighted by molar-refractivity contribution is -0.139. The normalized spacial score (nSPS) is 15.1. The molecule has 1 fully saturated rings. The number of ether oxygens (including phenoxy) is 3. The summed E-state index contributed by atoms with van der Waals surface area (Å²) < 4.78 is 18.4. The highest BCUT2D eigenvalue weighted by molar-refractivity contribution is 5.95. The quantitative estimate of drug-likeness (QED) is 0.215. The van der Waals surface area contributed by atoms with Gasteiger partial charge in [0.05, 0.1) is 43.0 Å². The number of hydrogen-bond acceptors (Lipinski definition) is 8. The number of carbonyl (C=O) groups excluding carboxylic acids is 2. The Morgan fingerprint density at radius 1 is 1.19 bits per heavy atom. The maximum Gasteiger partial charge on any atom is 0.310 e. The molecule has 10 heteroatoms. The van der Waals surface area contributed by atoms with Gasteiger partial charge in [0.25, 0.3) is 5.91 Å². The van der Waals surface area contributed by atoms with E-state index in [0.29, 0.717) is 38.5 Å². The van der Waals surface area contributed by atoms with Gasteiger partial charge in [-0.25, -0.2) is 4.52 Å². The van der Waals surface area contributed by atoms with Gasteiger partial charge in [0.1, 0.15) is 12.4 Å². The van der Waals surface area contributed by atoms with Crippen molar-refractivity contribution in [2.45, 2.75) is 51.2 Å². The van der Waals surface area contributed by atoms with Crippen LogP contribution < -0.4 is 15.0 Å². The summed E-state index contributed by atoms with van der Waals surface area (Å²) in [5, 5.41) is 18.1. The van der Waals surface area contributed by atoms with Crippen LogP contribution in [-0.4, -0.2) is 78.3 Å². The minimum atomic E-state index is -0.829. The molecule has 3 aromatic rings. The van der Waals surface area contributed by atoms with Crippen LogP contribution in [0.25, 0.3) is 5.52 Å². The predicted molar refractivity (Wildman–Crippen MR) is 166 cm³/mol. The van der Waals surface area contributed by atoms with Crippen LogP contribution in [-0.2, 0) is 27.1 Å². The van der Waals surface area contributed by atoms with Crippen LogP contribution in [0, 0.1) is 6.92 Å². The largest absolute Gasteiger partial charge is 0.489 e. The van der Waals surface area contributed by atoms with Gasteiger partial charge in [0.15, 0.2) is 5.69 Å². The summed E-state index contributed by atoms with van der Waals surface area (Å²) in [7, 11) is 1.38. The number of benzene rings is 1. The second-order valence-electron chi connectivity index (χ2n) is 11.1. The fourth-order valence-electron chi connectivity index (χ4n) is 5.37. The number of methoxy groups -OCH3 is 1. The number of fused-ring (bicyclic) bond motifs is 1. The number of nitrogens with zero attached hydrogens (tertiary/aromatic N) is 3. The fourth-order valence-corrected chi connectivity index (χ4v) is 5.37. The monoisotopic (exact) mass is 590 g/mol. The Hall–Kier alpha value is -4.15. The number of nitrogens with one attached hydrogen (secondary N) is 1.